The Morgan fingerprint density at radius 3 is 2.58 bits per heavy atom. The molecule has 0 saturated carbocycles. The predicted octanol–water partition coefficient (Wildman–Crippen LogP) is 2.41. The zero-order valence-electron chi connectivity index (χ0n) is 10.7. The first-order valence-corrected chi connectivity index (χ1v) is 5.85. The molecule has 0 amide bonds. The average molecular weight is 255 g/mol. The van der Waals surface area contributed by atoms with Crippen LogP contribution in [0.2, 0.25) is 0 Å². The van der Waals surface area contributed by atoms with E-state index in [9.17, 15) is 0 Å². The van der Waals surface area contributed by atoms with Gasteiger partial charge < -0.3 is 9.47 Å². The molecule has 3 rings (SSSR count). The van der Waals surface area contributed by atoms with E-state index in [1.807, 2.05) is 47.0 Å². The van der Waals surface area contributed by atoms with Gasteiger partial charge >= 0.3 is 0 Å². The number of hydrogen-bond acceptors (Lipinski definition) is 4. The van der Waals surface area contributed by atoms with Gasteiger partial charge in [0.1, 0.15) is 11.5 Å². The maximum Gasteiger partial charge on any atom is 0.172 e. The predicted molar refractivity (Wildman–Crippen MR) is 71.5 cm³/mol. The van der Waals surface area contributed by atoms with Gasteiger partial charge in [-0.1, -0.05) is 12.1 Å². The number of hydrogen-bond donors (Lipinski definition) is 0. The van der Waals surface area contributed by atoms with Gasteiger partial charge in [-0.05, 0) is 24.3 Å². The minimum Gasteiger partial charge on any atom is -0.496 e. The largest absolute Gasteiger partial charge is 0.496 e. The van der Waals surface area contributed by atoms with Crippen molar-refractivity contribution in [2.75, 3.05) is 14.2 Å². The molecular formula is C14H13N3O2. The minimum absolute atomic E-state index is 0.728. The fourth-order valence-corrected chi connectivity index (χ4v) is 2.01. The normalized spacial score (nSPS) is 10.6. The van der Waals surface area contributed by atoms with Crippen LogP contribution in [0.25, 0.3) is 17.0 Å². The van der Waals surface area contributed by atoms with Gasteiger partial charge in [-0.25, -0.2) is 0 Å². The number of aromatic nitrogens is 3. The fourth-order valence-electron chi connectivity index (χ4n) is 2.01. The number of fused-ring (bicyclic) bond motifs is 1. The summed E-state index contributed by atoms with van der Waals surface area (Å²) in [4.78, 5) is 0. The van der Waals surface area contributed by atoms with Crippen molar-refractivity contribution in [3.8, 4) is 22.9 Å². The lowest BCUT2D eigenvalue weighted by Crippen LogP contribution is -1.94. The Hall–Kier alpha value is -2.56. The van der Waals surface area contributed by atoms with E-state index in [4.69, 9.17) is 9.47 Å². The van der Waals surface area contributed by atoms with Gasteiger partial charge in [-0.2, -0.15) is 0 Å². The molecule has 2 aromatic heterocycles. The highest BCUT2D eigenvalue weighted by Crippen LogP contribution is 2.29. The monoisotopic (exact) mass is 255 g/mol. The van der Waals surface area contributed by atoms with Gasteiger partial charge in [0, 0.05) is 0 Å². The zero-order valence-corrected chi connectivity index (χ0v) is 10.7. The molecule has 3 aromatic rings. The Morgan fingerprint density at radius 2 is 1.79 bits per heavy atom. The van der Waals surface area contributed by atoms with Gasteiger partial charge in [0.15, 0.2) is 11.5 Å². The first-order valence-electron chi connectivity index (χ1n) is 5.85. The smallest absolute Gasteiger partial charge is 0.172 e. The molecule has 5 heteroatoms. The number of nitrogens with zero attached hydrogens (tertiary/aromatic N) is 3. The van der Waals surface area contributed by atoms with E-state index >= 15 is 0 Å². The average Bonchev–Trinajstić information content (AvgIpc) is 2.89. The third-order valence-electron chi connectivity index (χ3n) is 2.96. The molecule has 0 fully saturated rings. The lowest BCUT2D eigenvalue weighted by molar-refractivity contribution is 0.412. The maximum absolute atomic E-state index is 5.36. The van der Waals surface area contributed by atoms with Crippen LogP contribution in [0.3, 0.4) is 0 Å². The summed E-state index contributed by atoms with van der Waals surface area (Å²) in [5, 5.41) is 8.37. The van der Waals surface area contributed by atoms with Crippen LogP contribution in [-0.2, 0) is 0 Å². The van der Waals surface area contributed by atoms with Crippen molar-refractivity contribution < 1.29 is 9.47 Å². The molecule has 0 unspecified atom stereocenters. The highest BCUT2D eigenvalue weighted by Gasteiger charge is 2.12. The number of ether oxygens (including phenoxy) is 2. The second-order valence-corrected chi connectivity index (χ2v) is 4.02. The molecule has 0 saturated heterocycles. The number of methoxy groups -OCH3 is 2. The van der Waals surface area contributed by atoms with Crippen LogP contribution in [0.1, 0.15) is 0 Å². The van der Waals surface area contributed by atoms with Crippen molar-refractivity contribution in [1.82, 2.24) is 14.6 Å². The number of para-hydroxylation sites is 1. The Balaban J connectivity index is 2.24. The van der Waals surface area contributed by atoms with Crippen LogP contribution in [0.5, 0.6) is 11.5 Å². The Kier molecular flexibility index (Phi) is 2.79. The lowest BCUT2D eigenvalue weighted by Gasteiger charge is -2.07. The highest BCUT2D eigenvalue weighted by atomic mass is 16.5. The Morgan fingerprint density at radius 1 is 0.947 bits per heavy atom. The molecule has 5 nitrogen and oxygen atoms in total. The van der Waals surface area contributed by atoms with Crippen LogP contribution in [-0.4, -0.2) is 28.8 Å². The topological polar surface area (TPSA) is 48.7 Å². The summed E-state index contributed by atoms with van der Waals surface area (Å²) in [6, 6.07) is 11.4. The zero-order chi connectivity index (χ0) is 13.2. The molecule has 96 valence electrons. The molecular weight excluding hydrogens is 242 g/mol. The summed E-state index contributed by atoms with van der Waals surface area (Å²) in [5.74, 6) is 2.24. The van der Waals surface area contributed by atoms with Gasteiger partial charge in [-0.3, -0.25) is 4.40 Å². The quantitative estimate of drug-likeness (QED) is 0.721. The molecule has 0 aliphatic rings. The van der Waals surface area contributed by atoms with Gasteiger partial charge in [0.25, 0.3) is 0 Å². The third-order valence-corrected chi connectivity index (χ3v) is 2.96. The van der Waals surface area contributed by atoms with Crippen molar-refractivity contribution in [2.45, 2.75) is 0 Å². The first kappa shape index (κ1) is 11.5. The molecule has 0 N–H and O–H groups in total. The van der Waals surface area contributed by atoms with Crippen LogP contribution < -0.4 is 9.47 Å². The summed E-state index contributed by atoms with van der Waals surface area (Å²) in [6.07, 6.45) is 1.86. The number of rotatable bonds is 3. The van der Waals surface area contributed by atoms with Crippen molar-refractivity contribution >= 4 is 5.65 Å². The molecule has 0 spiro atoms. The van der Waals surface area contributed by atoms with Crippen LogP contribution in [0, 0.1) is 0 Å². The second kappa shape index (κ2) is 4.61. The lowest BCUT2D eigenvalue weighted by atomic mass is 10.2. The third kappa shape index (κ3) is 1.89. The summed E-state index contributed by atoms with van der Waals surface area (Å²) in [5.41, 5.74) is 1.66. The standard InChI is InChI=1S/C14H13N3O2/c1-18-10-7-8-13-15-16-14(17(13)9-10)11-5-3-4-6-12(11)19-2/h3-9H,1-2H3. The van der Waals surface area contributed by atoms with Crippen molar-refractivity contribution in [3.63, 3.8) is 0 Å². The highest BCUT2D eigenvalue weighted by molar-refractivity contribution is 5.66. The van der Waals surface area contributed by atoms with Crippen molar-refractivity contribution in [3.05, 3.63) is 42.6 Å². The van der Waals surface area contributed by atoms with Crippen LogP contribution >= 0.6 is 0 Å². The molecule has 0 atom stereocenters. The van der Waals surface area contributed by atoms with E-state index < -0.39 is 0 Å². The molecule has 0 aliphatic carbocycles. The van der Waals surface area contributed by atoms with E-state index in [0.29, 0.717) is 0 Å². The molecule has 0 radical (unpaired) electrons. The summed E-state index contributed by atoms with van der Waals surface area (Å²) < 4.78 is 12.5. The molecule has 2 heterocycles. The summed E-state index contributed by atoms with van der Waals surface area (Å²) in [7, 11) is 3.27. The van der Waals surface area contributed by atoms with Gasteiger partial charge in [-0.15, -0.1) is 10.2 Å². The SMILES string of the molecule is COc1ccc2nnc(-c3ccccc3OC)n2c1. The molecule has 0 aliphatic heterocycles. The summed E-state index contributed by atoms with van der Waals surface area (Å²) in [6.45, 7) is 0. The van der Waals surface area contributed by atoms with E-state index in [-0.39, 0.29) is 0 Å². The van der Waals surface area contributed by atoms with Gasteiger partial charge in [0.05, 0.1) is 26.0 Å². The van der Waals surface area contributed by atoms with Crippen molar-refractivity contribution in [2.24, 2.45) is 0 Å². The molecule has 0 bridgehead atoms. The number of benzene rings is 1. The first-order chi connectivity index (χ1) is 9.33. The van der Waals surface area contributed by atoms with E-state index in [2.05, 4.69) is 10.2 Å². The van der Waals surface area contributed by atoms with E-state index in [0.717, 1.165) is 28.5 Å². The van der Waals surface area contributed by atoms with Crippen molar-refractivity contribution in [1.29, 1.82) is 0 Å². The summed E-state index contributed by atoms with van der Waals surface area (Å²) >= 11 is 0. The molecule has 1 aromatic carbocycles. The minimum atomic E-state index is 0.728. The van der Waals surface area contributed by atoms with Gasteiger partial charge in [0.2, 0.25) is 0 Å². The Bertz CT molecular complexity index is 722. The van der Waals surface area contributed by atoms with Crippen LogP contribution in [0.4, 0.5) is 0 Å². The number of pyridine rings is 1. The molecule has 19 heavy (non-hydrogen) atoms. The maximum atomic E-state index is 5.36. The second-order valence-electron chi connectivity index (χ2n) is 4.02. The Labute approximate surface area is 110 Å². The van der Waals surface area contributed by atoms with Crippen LogP contribution in [0.15, 0.2) is 42.6 Å². The van der Waals surface area contributed by atoms with E-state index in [1.165, 1.54) is 0 Å². The van der Waals surface area contributed by atoms with E-state index in [1.54, 1.807) is 14.2 Å². The fraction of sp³-hybridized carbons (Fsp3) is 0.143.